The summed E-state index contributed by atoms with van der Waals surface area (Å²) in [6.45, 7) is 4.06. The summed E-state index contributed by atoms with van der Waals surface area (Å²) in [5, 5.41) is 3.97. The standard InChI is InChI=1S/C18H20ClNOS/c1-13(16-10-6-7-11-17(16)19)20-18(21)12-22-14(2)15-8-4-3-5-9-15/h3-11,13-14H,12H2,1-2H3,(H,20,21)/t13-,14-/m1/s1. The third kappa shape index (κ3) is 4.79. The van der Waals surface area contributed by atoms with Gasteiger partial charge in [0.05, 0.1) is 11.8 Å². The molecule has 2 rings (SSSR count). The molecule has 0 saturated carbocycles. The van der Waals surface area contributed by atoms with Crippen LogP contribution < -0.4 is 5.32 Å². The van der Waals surface area contributed by atoms with Crippen LogP contribution in [-0.2, 0) is 4.79 Å². The largest absolute Gasteiger partial charge is 0.349 e. The van der Waals surface area contributed by atoms with Crippen molar-refractivity contribution in [3.8, 4) is 0 Å². The highest BCUT2D eigenvalue weighted by Crippen LogP contribution is 2.28. The van der Waals surface area contributed by atoms with Crippen LogP contribution in [0, 0.1) is 0 Å². The van der Waals surface area contributed by atoms with Crippen LogP contribution in [0.4, 0.5) is 0 Å². The zero-order valence-corrected chi connectivity index (χ0v) is 14.3. The van der Waals surface area contributed by atoms with Gasteiger partial charge in [0.25, 0.3) is 0 Å². The molecular weight excluding hydrogens is 314 g/mol. The molecule has 0 radical (unpaired) electrons. The highest BCUT2D eigenvalue weighted by Gasteiger charge is 2.14. The average molecular weight is 334 g/mol. The molecule has 1 amide bonds. The third-order valence-corrected chi connectivity index (χ3v) is 5.03. The molecule has 0 aliphatic heterocycles. The van der Waals surface area contributed by atoms with Crippen LogP contribution in [0.15, 0.2) is 54.6 Å². The van der Waals surface area contributed by atoms with Gasteiger partial charge in [-0.05, 0) is 31.0 Å². The van der Waals surface area contributed by atoms with Crippen LogP contribution in [0.1, 0.15) is 36.3 Å². The smallest absolute Gasteiger partial charge is 0.230 e. The number of hydrogen-bond acceptors (Lipinski definition) is 2. The van der Waals surface area contributed by atoms with E-state index in [0.29, 0.717) is 16.0 Å². The molecule has 0 aromatic heterocycles. The first-order chi connectivity index (χ1) is 10.6. The molecule has 1 N–H and O–H groups in total. The summed E-state index contributed by atoms with van der Waals surface area (Å²) in [5.41, 5.74) is 2.18. The molecule has 22 heavy (non-hydrogen) atoms. The van der Waals surface area contributed by atoms with Crippen LogP contribution in [0.5, 0.6) is 0 Å². The zero-order valence-electron chi connectivity index (χ0n) is 12.8. The van der Waals surface area contributed by atoms with E-state index in [4.69, 9.17) is 11.6 Å². The minimum absolute atomic E-state index is 0.0280. The van der Waals surface area contributed by atoms with Gasteiger partial charge in [0.2, 0.25) is 5.91 Å². The van der Waals surface area contributed by atoms with E-state index >= 15 is 0 Å². The van der Waals surface area contributed by atoms with Crippen molar-refractivity contribution in [2.45, 2.75) is 25.1 Å². The quantitative estimate of drug-likeness (QED) is 0.805. The van der Waals surface area contributed by atoms with E-state index in [1.54, 1.807) is 11.8 Å². The fourth-order valence-corrected chi connectivity index (χ4v) is 3.34. The zero-order chi connectivity index (χ0) is 15.9. The van der Waals surface area contributed by atoms with Gasteiger partial charge in [0, 0.05) is 10.3 Å². The van der Waals surface area contributed by atoms with Crippen LogP contribution in [0.2, 0.25) is 5.02 Å². The lowest BCUT2D eigenvalue weighted by atomic mass is 10.1. The van der Waals surface area contributed by atoms with Crippen LogP contribution in [0.3, 0.4) is 0 Å². The summed E-state index contributed by atoms with van der Waals surface area (Å²) < 4.78 is 0. The fraction of sp³-hybridized carbons (Fsp3) is 0.278. The number of amides is 1. The number of thioether (sulfide) groups is 1. The minimum Gasteiger partial charge on any atom is -0.349 e. The van der Waals surface area contributed by atoms with Crippen molar-refractivity contribution in [2.75, 3.05) is 5.75 Å². The van der Waals surface area contributed by atoms with Crippen molar-refractivity contribution in [1.82, 2.24) is 5.32 Å². The number of nitrogens with one attached hydrogen (secondary N) is 1. The lowest BCUT2D eigenvalue weighted by Crippen LogP contribution is -2.28. The summed E-state index contributed by atoms with van der Waals surface area (Å²) in [7, 11) is 0. The monoisotopic (exact) mass is 333 g/mol. The van der Waals surface area contributed by atoms with Crippen LogP contribution in [-0.4, -0.2) is 11.7 Å². The van der Waals surface area contributed by atoms with Gasteiger partial charge >= 0.3 is 0 Å². The summed E-state index contributed by atoms with van der Waals surface area (Å²) in [4.78, 5) is 12.1. The van der Waals surface area contributed by atoms with Crippen molar-refractivity contribution in [3.63, 3.8) is 0 Å². The van der Waals surface area contributed by atoms with E-state index < -0.39 is 0 Å². The molecule has 116 valence electrons. The van der Waals surface area contributed by atoms with Crippen molar-refractivity contribution in [2.24, 2.45) is 0 Å². The predicted octanol–water partition coefficient (Wildman–Crippen LogP) is 5.01. The molecular formula is C18H20ClNOS. The predicted molar refractivity (Wildman–Crippen MR) is 95.3 cm³/mol. The summed E-state index contributed by atoms with van der Waals surface area (Å²) in [6.07, 6.45) is 0. The van der Waals surface area contributed by atoms with E-state index in [9.17, 15) is 4.79 Å². The van der Waals surface area contributed by atoms with Gasteiger partial charge in [-0.15, -0.1) is 11.8 Å². The van der Waals surface area contributed by atoms with Gasteiger partial charge in [-0.3, -0.25) is 4.79 Å². The molecule has 0 heterocycles. The molecule has 0 fully saturated rings. The Hall–Kier alpha value is -1.45. The van der Waals surface area contributed by atoms with E-state index in [1.807, 2.05) is 49.4 Å². The summed E-state index contributed by atoms with van der Waals surface area (Å²) in [5.74, 6) is 0.463. The van der Waals surface area contributed by atoms with Gasteiger partial charge in [0.1, 0.15) is 0 Å². The highest BCUT2D eigenvalue weighted by molar-refractivity contribution is 8.00. The molecule has 0 saturated heterocycles. The molecule has 2 aromatic rings. The lowest BCUT2D eigenvalue weighted by Gasteiger charge is -2.17. The van der Waals surface area contributed by atoms with Crippen molar-refractivity contribution in [3.05, 3.63) is 70.7 Å². The van der Waals surface area contributed by atoms with E-state index in [1.165, 1.54) is 5.56 Å². The molecule has 0 aliphatic carbocycles. The van der Waals surface area contributed by atoms with Crippen LogP contribution in [0.25, 0.3) is 0 Å². The highest BCUT2D eigenvalue weighted by atomic mass is 35.5. The Bertz CT molecular complexity index is 617. The SMILES string of the molecule is C[C@@H](NC(=O)CS[C@H](C)c1ccccc1)c1ccccc1Cl. The average Bonchev–Trinajstić information content (AvgIpc) is 2.53. The third-order valence-electron chi connectivity index (χ3n) is 3.48. The maximum atomic E-state index is 12.1. The molecule has 4 heteroatoms. The number of carbonyl (C=O) groups is 1. The Labute approximate surface area is 141 Å². The van der Waals surface area contributed by atoms with Crippen LogP contribution >= 0.6 is 23.4 Å². The van der Waals surface area contributed by atoms with Crippen molar-refractivity contribution in [1.29, 1.82) is 0 Å². The van der Waals surface area contributed by atoms with Crippen molar-refractivity contribution < 1.29 is 4.79 Å². The Morgan fingerprint density at radius 3 is 2.41 bits per heavy atom. The number of rotatable bonds is 6. The Morgan fingerprint density at radius 2 is 1.73 bits per heavy atom. The fourth-order valence-electron chi connectivity index (χ4n) is 2.21. The molecule has 2 atom stereocenters. The second-order valence-corrected chi connectivity index (χ2v) is 6.91. The summed E-state index contributed by atoms with van der Waals surface area (Å²) in [6, 6.07) is 17.7. The number of carbonyl (C=O) groups excluding carboxylic acids is 1. The van der Waals surface area contributed by atoms with E-state index in [2.05, 4.69) is 24.4 Å². The van der Waals surface area contributed by atoms with Gasteiger partial charge in [-0.25, -0.2) is 0 Å². The minimum atomic E-state index is -0.0890. The summed E-state index contributed by atoms with van der Waals surface area (Å²) >= 11 is 7.79. The second kappa shape index (κ2) is 8.25. The van der Waals surface area contributed by atoms with Gasteiger partial charge in [-0.1, -0.05) is 60.1 Å². The molecule has 2 nitrogen and oxygen atoms in total. The van der Waals surface area contributed by atoms with E-state index in [0.717, 1.165) is 5.56 Å². The molecule has 0 aliphatic rings. The molecule has 0 spiro atoms. The second-order valence-electron chi connectivity index (χ2n) is 5.17. The Morgan fingerprint density at radius 1 is 1.09 bits per heavy atom. The topological polar surface area (TPSA) is 29.1 Å². The number of benzene rings is 2. The Balaban J connectivity index is 1.84. The lowest BCUT2D eigenvalue weighted by molar-refractivity contribution is -0.119. The number of hydrogen-bond donors (Lipinski definition) is 1. The molecule has 2 aromatic carbocycles. The Kier molecular flexibility index (Phi) is 6.34. The van der Waals surface area contributed by atoms with Gasteiger partial charge in [0.15, 0.2) is 0 Å². The normalized spacial score (nSPS) is 13.4. The molecule has 0 unspecified atom stereocenters. The first-order valence-electron chi connectivity index (χ1n) is 7.28. The first-order valence-corrected chi connectivity index (χ1v) is 8.71. The van der Waals surface area contributed by atoms with E-state index in [-0.39, 0.29) is 11.9 Å². The van der Waals surface area contributed by atoms with Crippen molar-refractivity contribution >= 4 is 29.3 Å². The maximum Gasteiger partial charge on any atom is 0.230 e. The van der Waals surface area contributed by atoms with Gasteiger partial charge < -0.3 is 5.32 Å². The molecule has 0 bridgehead atoms. The first kappa shape index (κ1) is 16.9. The maximum absolute atomic E-state index is 12.1. The van der Waals surface area contributed by atoms with Gasteiger partial charge in [-0.2, -0.15) is 0 Å². The number of halogens is 1.